The Morgan fingerprint density at radius 1 is 0.475 bits per heavy atom. The van der Waals surface area contributed by atoms with Gasteiger partial charge in [-0.25, -0.2) is 15.0 Å². The number of nitrogens with zero attached hydrogens (tertiary/aromatic N) is 10. The molecule has 6 aromatic rings. The van der Waals surface area contributed by atoms with Gasteiger partial charge in [0.25, 0.3) is 0 Å². The van der Waals surface area contributed by atoms with E-state index in [1.807, 2.05) is 46.1 Å². The van der Waals surface area contributed by atoms with Gasteiger partial charge >= 0.3 is 0 Å². The molecule has 16 heteroatoms. The highest BCUT2D eigenvalue weighted by Crippen LogP contribution is 2.16. The van der Waals surface area contributed by atoms with Gasteiger partial charge in [0.15, 0.2) is 5.43 Å². The van der Waals surface area contributed by atoms with Crippen LogP contribution in [0.3, 0.4) is 0 Å². The summed E-state index contributed by atoms with van der Waals surface area (Å²) >= 11 is 0. The average Bonchev–Trinajstić information content (AvgIpc) is 3.23. The van der Waals surface area contributed by atoms with Crippen LogP contribution in [-0.2, 0) is 38.3 Å². The molecule has 61 heavy (non-hydrogen) atoms. The van der Waals surface area contributed by atoms with Crippen molar-refractivity contribution < 1.29 is 0 Å². The fourth-order valence-corrected chi connectivity index (χ4v) is 6.11. The zero-order chi connectivity index (χ0) is 46.2. The minimum absolute atomic E-state index is 0.0726. The number of pyridine rings is 1. The fraction of sp³-hybridized carbons (Fsp3) is 0.422. The topological polar surface area (TPSA) is 190 Å². The van der Waals surface area contributed by atoms with Crippen LogP contribution in [0.1, 0.15) is 126 Å². The summed E-state index contributed by atoms with van der Waals surface area (Å²) in [6.07, 6.45) is 5.92. The number of aromatic nitrogens is 10. The molecule has 0 fully saturated rings. The van der Waals surface area contributed by atoms with Gasteiger partial charge in [0, 0.05) is 36.4 Å². The van der Waals surface area contributed by atoms with Crippen LogP contribution in [0.15, 0.2) is 53.6 Å². The summed E-state index contributed by atoms with van der Waals surface area (Å²) in [5.74, 6) is 0.940. The van der Waals surface area contributed by atoms with E-state index >= 15 is 0 Å². The maximum Gasteiger partial charge on any atom is 0.240 e. The molecule has 0 amide bonds. The van der Waals surface area contributed by atoms with E-state index in [4.69, 9.17) is 35.0 Å². The number of aryl methyl sites for hydroxylation is 7. The third-order valence-corrected chi connectivity index (χ3v) is 8.31. The van der Waals surface area contributed by atoms with Crippen LogP contribution in [-0.4, -0.2) is 73.6 Å². The van der Waals surface area contributed by atoms with Crippen molar-refractivity contribution in [2.75, 3.05) is 11.5 Å². The number of benzene rings is 2. The van der Waals surface area contributed by atoms with Crippen LogP contribution in [0.2, 0.25) is 0 Å². The first-order chi connectivity index (χ1) is 29.2. The summed E-state index contributed by atoms with van der Waals surface area (Å²) in [7, 11) is 17.0. The third-order valence-electron chi connectivity index (χ3n) is 8.31. The van der Waals surface area contributed by atoms with Crippen LogP contribution in [0.5, 0.6) is 0 Å². The van der Waals surface area contributed by atoms with Crippen LogP contribution in [0.25, 0.3) is 0 Å². The largest absolute Gasteiger partial charge is 0.366 e. The maximum absolute atomic E-state index is 11.7. The number of nitrogen functional groups attached to an aromatic ring is 2. The normalized spacial score (nSPS) is 9.85. The van der Waals surface area contributed by atoms with Gasteiger partial charge in [-0.15, -0.1) is 30.6 Å². The minimum Gasteiger partial charge on any atom is -0.366 e. The van der Waals surface area contributed by atoms with Gasteiger partial charge in [0.2, 0.25) is 11.9 Å². The number of hydrogen-bond acceptors (Lipinski definition) is 12. The van der Waals surface area contributed by atoms with Gasteiger partial charge in [-0.05, 0) is 78.6 Å². The molecule has 4 heterocycles. The van der Waals surface area contributed by atoms with Crippen molar-refractivity contribution in [1.82, 2.24) is 50.1 Å². The van der Waals surface area contributed by atoms with Crippen LogP contribution in [0, 0.1) is 48.5 Å². The van der Waals surface area contributed by atoms with Gasteiger partial charge in [-0.3, -0.25) is 4.79 Å². The van der Waals surface area contributed by atoms with Crippen molar-refractivity contribution in [3.8, 4) is 0 Å². The predicted octanol–water partition coefficient (Wildman–Crippen LogP) is 6.41. The molecular weight excluding hydrogens is 757 g/mol. The minimum atomic E-state index is 0.0726. The van der Waals surface area contributed by atoms with Crippen molar-refractivity contribution in [2.45, 2.75) is 128 Å². The number of nitrogens with two attached hydrogens (primary N) is 2. The van der Waals surface area contributed by atoms with E-state index in [9.17, 15) is 4.79 Å². The van der Waals surface area contributed by atoms with Crippen molar-refractivity contribution in [3.63, 3.8) is 0 Å². The van der Waals surface area contributed by atoms with Gasteiger partial charge in [0.05, 0.1) is 58.6 Å². The molecule has 6 radical (unpaired) electrons. The van der Waals surface area contributed by atoms with E-state index in [2.05, 4.69) is 110 Å². The first-order valence-electron chi connectivity index (χ1n) is 20.7. The zero-order valence-corrected chi connectivity index (χ0v) is 38.6. The molecular formula is C45H63B3N12O. The highest BCUT2D eigenvalue weighted by Gasteiger charge is 2.10. The standard InChI is InChI=1S/C13H15BN4O.2C13H15BN4.3C2H6/c1-8-5-18(6-9(2)13(8)19)7-12-11(4-14)15-10(3)16-17-12;2*1-8-3-9(2)5-10(4-8)6-11-12(7-14)16-13(15)18-17-11;3*1-2/h5-6H,4,7H2,1-3H3;2*3-5H,6-7H2,1-2H3,(H2,15,16,18);3*1-2H3. The Bertz CT molecular complexity index is 2150. The summed E-state index contributed by atoms with van der Waals surface area (Å²) in [6, 6.07) is 12.8. The van der Waals surface area contributed by atoms with Gasteiger partial charge in [-0.2, -0.15) is 0 Å². The van der Waals surface area contributed by atoms with E-state index in [-0.39, 0.29) is 17.3 Å². The molecule has 2 aromatic carbocycles. The Morgan fingerprint density at radius 2 is 0.820 bits per heavy atom. The number of rotatable bonds is 9. The molecule has 0 unspecified atom stereocenters. The SMILES string of the molecule is CC.CC.CC.[B]Cc1nc(C)nnc1Cn1cc(C)c(=O)c(C)c1.[B]Cc1nc(N)nnc1Cc1cc(C)cc(C)c1.[B]Cc1nc(N)nnc1Cc1cc(C)cc(C)c1. The molecule has 0 aliphatic rings. The molecule has 318 valence electrons. The Balaban J connectivity index is 0.000000430. The van der Waals surface area contributed by atoms with Crippen LogP contribution >= 0.6 is 0 Å². The first kappa shape index (κ1) is 53.2. The molecule has 0 atom stereocenters. The Labute approximate surface area is 367 Å². The highest BCUT2D eigenvalue weighted by molar-refractivity contribution is 6.08. The smallest absolute Gasteiger partial charge is 0.240 e. The quantitative estimate of drug-likeness (QED) is 0.153. The first-order valence-corrected chi connectivity index (χ1v) is 20.7. The lowest BCUT2D eigenvalue weighted by molar-refractivity contribution is 0.706. The predicted molar refractivity (Wildman–Crippen MR) is 252 cm³/mol. The van der Waals surface area contributed by atoms with Gasteiger partial charge in [-0.1, -0.05) is 100 Å². The second-order valence-electron chi connectivity index (χ2n) is 13.5. The molecule has 0 bridgehead atoms. The molecule has 0 aliphatic carbocycles. The molecule has 0 saturated heterocycles. The third kappa shape index (κ3) is 17.8. The summed E-state index contributed by atoms with van der Waals surface area (Å²) in [4.78, 5) is 24.2. The lowest BCUT2D eigenvalue weighted by Gasteiger charge is -2.10. The lowest BCUT2D eigenvalue weighted by Crippen LogP contribution is -2.16. The fourth-order valence-electron chi connectivity index (χ4n) is 6.11. The molecule has 6 rings (SSSR count). The molecule has 4 N–H and O–H groups in total. The van der Waals surface area contributed by atoms with Crippen molar-refractivity contribution in [2.24, 2.45) is 0 Å². The van der Waals surface area contributed by atoms with E-state index < -0.39 is 0 Å². The summed E-state index contributed by atoms with van der Waals surface area (Å²) < 4.78 is 1.91. The van der Waals surface area contributed by atoms with E-state index in [0.29, 0.717) is 66.7 Å². The van der Waals surface area contributed by atoms with Crippen molar-refractivity contribution in [1.29, 1.82) is 0 Å². The number of anilines is 2. The Kier molecular flexibility index (Phi) is 24.3. The summed E-state index contributed by atoms with van der Waals surface area (Å²) in [6.45, 7) is 26.2. The van der Waals surface area contributed by atoms with E-state index in [1.165, 1.54) is 33.4 Å². The maximum atomic E-state index is 11.7. The summed E-state index contributed by atoms with van der Waals surface area (Å²) in [5.41, 5.74) is 24.3. The van der Waals surface area contributed by atoms with E-state index in [0.717, 1.165) is 22.8 Å². The summed E-state index contributed by atoms with van der Waals surface area (Å²) in [5, 5.41) is 23.8. The lowest BCUT2D eigenvalue weighted by atomic mass is 9.96. The van der Waals surface area contributed by atoms with Gasteiger partial charge < -0.3 is 16.0 Å². The Morgan fingerprint density at radius 3 is 1.18 bits per heavy atom. The number of hydrogen-bond donors (Lipinski definition) is 2. The average molecular weight is 821 g/mol. The highest BCUT2D eigenvalue weighted by atomic mass is 16.1. The Hall–Kier alpha value is -5.79. The van der Waals surface area contributed by atoms with Crippen molar-refractivity contribution >= 4 is 35.4 Å². The zero-order valence-electron chi connectivity index (χ0n) is 38.6. The molecule has 0 spiro atoms. The van der Waals surface area contributed by atoms with E-state index in [1.54, 1.807) is 33.2 Å². The molecule has 4 aromatic heterocycles. The van der Waals surface area contributed by atoms with Crippen LogP contribution in [0.4, 0.5) is 11.9 Å². The van der Waals surface area contributed by atoms with Crippen LogP contribution < -0.4 is 16.9 Å². The van der Waals surface area contributed by atoms with Gasteiger partial charge in [0.1, 0.15) is 11.5 Å². The second kappa shape index (κ2) is 27.9. The molecule has 0 aliphatic heterocycles. The molecule has 0 saturated carbocycles. The monoisotopic (exact) mass is 821 g/mol. The van der Waals surface area contributed by atoms with Crippen molar-refractivity contribution in [3.05, 3.63) is 144 Å². The molecule has 13 nitrogen and oxygen atoms in total. The second-order valence-corrected chi connectivity index (χ2v) is 13.5.